The second-order valence-corrected chi connectivity index (χ2v) is 21.0. The summed E-state index contributed by atoms with van der Waals surface area (Å²) in [6, 6.07) is 0. The van der Waals surface area contributed by atoms with E-state index in [1.54, 1.807) is 0 Å². The Bertz CT molecular complexity index is 1620. The molecule has 0 aromatic carbocycles. The number of unbranched alkanes of at least 4 members (excludes halogenated alkanes) is 26. The summed E-state index contributed by atoms with van der Waals surface area (Å²) in [7, 11) is 0. The van der Waals surface area contributed by atoms with Gasteiger partial charge in [-0.05, 0) is 89.9 Å². The summed E-state index contributed by atoms with van der Waals surface area (Å²) >= 11 is 0. The third-order valence-corrected chi connectivity index (χ3v) is 13.8. The maximum Gasteiger partial charge on any atom is 0.335 e. The van der Waals surface area contributed by atoms with Crippen molar-refractivity contribution in [3.05, 3.63) is 72.9 Å². The summed E-state index contributed by atoms with van der Waals surface area (Å²) in [6.07, 6.45) is 54.3. The standard InChI is InChI=1S/C65H110O12/c1-4-7-10-13-16-19-22-25-27-29-31-34-36-39-42-45-48-51-57(66)73-54-56(75-58(67)52-49-46-43-40-37-33-24-21-18-15-12-9-6-3)55-74-65-63(61(70)60(69)62(77-65)64(71)72)76-59(68)53-50-47-44-41-38-35-32-30-28-26-23-20-17-14-11-8-5-2/h8,11,16-17,19-20,25-28,32,35,56,60-63,65,69-70H,4-7,9-10,12-15,18,21-24,29-31,33-34,36-55H2,1-3H3,(H,71,72)/b11-8-,19-16-,20-17-,27-25-,28-26-,35-32-. The zero-order chi connectivity index (χ0) is 56.1. The van der Waals surface area contributed by atoms with E-state index >= 15 is 0 Å². The van der Waals surface area contributed by atoms with E-state index in [1.807, 2.05) is 0 Å². The lowest BCUT2D eigenvalue weighted by Gasteiger charge is -2.40. The molecule has 0 saturated carbocycles. The number of ether oxygens (including phenoxy) is 5. The van der Waals surface area contributed by atoms with Crippen LogP contribution in [0.25, 0.3) is 0 Å². The van der Waals surface area contributed by atoms with Gasteiger partial charge in [0.25, 0.3) is 0 Å². The average molecular weight is 1080 g/mol. The van der Waals surface area contributed by atoms with Crippen LogP contribution < -0.4 is 0 Å². The molecule has 0 radical (unpaired) electrons. The molecule has 6 unspecified atom stereocenters. The summed E-state index contributed by atoms with van der Waals surface area (Å²) in [6.45, 7) is 5.85. The van der Waals surface area contributed by atoms with Crippen molar-refractivity contribution < 1.29 is 58.2 Å². The number of aliphatic hydroxyl groups is 2. The van der Waals surface area contributed by atoms with Crippen molar-refractivity contribution in [1.29, 1.82) is 0 Å². The van der Waals surface area contributed by atoms with Crippen LogP contribution in [-0.4, -0.2) is 89.2 Å². The van der Waals surface area contributed by atoms with E-state index in [2.05, 4.69) is 93.7 Å². The van der Waals surface area contributed by atoms with Crippen molar-refractivity contribution in [3.8, 4) is 0 Å². The van der Waals surface area contributed by atoms with Crippen molar-refractivity contribution in [2.45, 2.75) is 302 Å². The minimum absolute atomic E-state index is 0.0311. The molecule has 0 spiro atoms. The Kier molecular flexibility index (Phi) is 48.8. The number of rotatable bonds is 52. The van der Waals surface area contributed by atoms with E-state index in [-0.39, 0.29) is 25.9 Å². The highest BCUT2D eigenvalue weighted by atomic mass is 16.7. The molecule has 77 heavy (non-hydrogen) atoms. The lowest BCUT2D eigenvalue weighted by Crippen LogP contribution is -2.61. The molecule has 1 fully saturated rings. The molecule has 442 valence electrons. The highest BCUT2D eigenvalue weighted by Crippen LogP contribution is 2.26. The second kappa shape index (κ2) is 52.8. The molecule has 3 N–H and O–H groups in total. The highest BCUT2D eigenvalue weighted by Gasteiger charge is 2.50. The third kappa shape index (κ3) is 42.7. The Morgan fingerprint density at radius 1 is 0.442 bits per heavy atom. The first-order chi connectivity index (χ1) is 37.6. The minimum Gasteiger partial charge on any atom is -0.479 e. The lowest BCUT2D eigenvalue weighted by atomic mass is 9.98. The van der Waals surface area contributed by atoms with Gasteiger partial charge in [-0.25, -0.2) is 4.79 Å². The second-order valence-electron chi connectivity index (χ2n) is 21.0. The van der Waals surface area contributed by atoms with E-state index in [0.29, 0.717) is 19.3 Å². The Labute approximate surface area is 468 Å². The van der Waals surface area contributed by atoms with Gasteiger partial charge in [0, 0.05) is 19.3 Å². The number of carbonyl (C=O) groups excluding carboxylic acids is 3. The van der Waals surface area contributed by atoms with Crippen LogP contribution in [0.15, 0.2) is 72.9 Å². The van der Waals surface area contributed by atoms with Crippen LogP contribution in [0.2, 0.25) is 0 Å². The average Bonchev–Trinajstić information content (AvgIpc) is 3.42. The number of aliphatic carboxylic acids is 1. The summed E-state index contributed by atoms with van der Waals surface area (Å²) in [4.78, 5) is 51.2. The molecular weight excluding hydrogens is 973 g/mol. The van der Waals surface area contributed by atoms with Gasteiger partial charge in [0.1, 0.15) is 18.8 Å². The van der Waals surface area contributed by atoms with E-state index in [1.165, 1.54) is 96.3 Å². The fourth-order valence-electron chi connectivity index (χ4n) is 9.04. The molecule has 0 aliphatic carbocycles. The molecule has 0 aromatic heterocycles. The van der Waals surface area contributed by atoms with Gasteiger partial charge in [-0.3, -0.25) is 14.4 Å². The van der Waals surface area contributed by atoms with Gasteiger partial charge in [0.2, 0.25) is 0 Å². The quantitative estimate of drug-likeness (QED) is 0.0228. The van der Waals surface area contributed by atoms with Crippen LogP contribution in [-0.2, 0) is 42.9 Å². The first-order valence-corrected chi connectivity index (χ1v) is 30.9. The van der Waals surface area contributed by atoms with Crippen LogP contribution in [0.1, 0.15) is 265 Å². The predicted octanol–water partition coefficient (Wildman–Crippen LogP) is 16.1. The first-order valence-electron chi connectivity index (χ1n) is 30.9. The zero-order valence-corrected chi connectivity index (χ0v) is 48.7. The summed E-state index contributed by atoms with van der Waals surface area (Å²) in [5.41, 5.74) is 0. The number of aliphatic hydroxyl groups excluding tert-OH is 2. The van der Waals surface area contributed by atoms with Crippen LogP contribution in [0.4, 0.5) is 0 Å². The third-order valence-electron chi connectivity index (χ3n) is 13.8. The molecule has 0 amide bonds. The van der Waals surface area contributed by atoms with Gasteiger partial charge in [0.05, 0.1) is 6.61 Å². The van der Waals surface area contributed by atoms with Gasteiger partial charge in [-0.1, -0.05) is 229 Å². The normalized spacial score (nSPS) is 18.5. The molecule has 1 rings (SSSR count). The minimum atomic E-state index is -1.91. The molecule has 1 aliphatic heterocycles. The molecule has 6 atom stereocenters. The summed E-state index contributed by atoms with van der Waals surface area (Å²) in [5, 5.41) is 31.5. The Morgan fingerprint density at radius 2 is 0.818 bits per heavy atom. The molecule has 0 aromatic rings. The molecule has 12 heteroatoms. The Hall–Kier alpha value is -3.84. The Morgan fingerprint density at radius 3 is 1.27 bits per heavy atom. The number of hydrogen-bond acceptors (Lipinski definition) is 11. The number of carboxylic acids is 1. The van der Waals surface area contributed by atoms with Crippen molar-refractivity contribution >= 4 is 23.9 Å². The van der Waals surface area contributed by atoms with Crippen LogP contribution >= 0.6 is 0 Å². The fraction of sp³-hybridized carbons (Fsp3) is 0.754. The van der Waals surface area contributed by atoms with Crippen LogP contribution in [0.5, 0.6) is 0 Å². The number of allylic oxidation sites excluding steroid dienone is 12. The monoisotopic (exact) mass is 1080 g/mol. The first kappa shape index (κ1) is 71.2. The molecule has 12 nitrogen and oxygen atoms in total. The molecule has 0 bridgehead atoms. The largest absolute Gasteiger partial charge is 0.479 e. The van der Waals surface area contributed by atoms with Crippen molar-refractivity contribution in [2.24, 2.45) is 0 Å². The molecular formula is C65H110O12. The van der Waals surface area contributed by atoms with Gasteiger partial charge in [-0.15, -0.1) is 0 Å². The van der Waals surface area contributed by atoms with Crippen molar-refractivity contribution in [3.63, 3.8) is 0 Å². The maximum atomic E-state index is 13.2. The van der Waals surface area contributed by atoms with E-state index in [4.69, 9.17) is 23.7 Å². The van der Waals surface area contributed by atoms with Crippen molar-refractivity contribution in [1.82, 2.24) is 0 Å². The zero-order valence-electron chi connectivity index (χ0n) is 48.7. The lowest BCUT2D eigenvalue weighted by molar-refractivity contribution is -0.301. The van der Waals surface area contributed by atoms with Gasteiger partial charge < -0.3 is 39.0 Å². The predicted molar refractivity (Wildman–Crippen MR) is 312 cm³/mol. The SMILES string of the molecule is CC/C=C\C/C=C\C/C=C\C/C=C\CCCCCCC(=O)OC1C(OCC(COC(=O)CCCCCCCCC/C=C\C/C=C\CCCCC)OC(=O)CCCCCCCCCCCCCCC)OC(C(=O)O)C(O)C1O. The fourth-order valence-corrected chi connectivity index (χ4v) is 9.04. The smallest absolute Gasteiger partial charge is 0.335 e. The van der Waals surface area contributed by atoms with E-state index in [0.717, 1.165) is 109 Å². The molecule has 1 heterocycles. The van der Waals surface area contributed by atoms with Gasteiger partial charge >= 0.3 is 23.9 Å². The summed E-state index contributed by atoms with van der Waals surface area (Å²) in [5.74, 6) is -3.15. The number of carboxylic acid groups (broad SMARTS) is 1. The van der Waals surface area contributed by atoms with E-state index < -0.39 is 67.3 Å². The number of esters is 3. The van der Waals surface area contributed by atoms with Crippen LogP contribution in [0.3, 0.4) is 0 Å². The summed E-state index contributed by atoms with van der Waals surface area (Å²) < 4.78 is 28.5. The van der Waals surface area contributed by atoms with E-state index in [9.17, 15) is 34.5 Å². The number of hydrogen-bond donors (Lipinski definition) is 3. The number of carbonyl (C=O) groups is 4. The van der Waals surface area contributed by atoms with Gasteiger partial charge in [0.15, 0.2) is 24.6 Å². The molecule has 1 saturated heterocycles. The Balaban J connectivity index is 2.69. The van der Waals surface area contributed by atoms with Gasteiger partial charge in [-0.2, -0.15) is 0 Å². The maximum absolute atomic E-state index is 13.2. The highest BCUT2D eigenvalue weighted by molar-refractivity contribution is 5.74. The molecule has 1 aliphatic rings. The van der Waals surface area contributed by atoms with Crippen molar-refractivity contribution in [2.75, 3.05) is 13.2 Å². The van der Waals surface area contributed by atoms with Crippen LogP contribution in [0, 0.1) is 0 Å². The topological polar surface area (TPSA) is 175 Å².